The van der Waals surface area contributed by atoms with Crippen LogP contribution in [-0.2, 0) is 6.18 Å². The van der Waals surface area contributed by atoms with Gasteiger partial charge in [0.05, 0.1) is 6.61 Å². The van der Waals surface area contributed by atoms with Gasteiger partial charge in [0, 0.05) is 19.2 Å². The van der Waals surface area contributed by atoms with Crippen LogP contribution in [0.15, 0.2) is 6.07 Å². The fraction of sp³-hybridized carbons (Fsp3) is 0.556. The van der Waals surface area contributed by atoms with E-state index in [0.717, 1.165) is 0 Å². The monoisotopic (exact) mass is 250 g/mol. The normalized spacial score (nSPS) is 11.6. The summed E-state index contributed by atoms with van der Waals surface area (Å²) in [5, 5.41) is 8.79. The van der Waals surface area contributed by atoms with Crippen LogP contribution >= 0.6 is 0 Å². The molecule has 0 aliphatic rings. The van der Waals surface area contributed by atoms with Crippen LogP contribution in [0.2, 0.25) is 0 Å². The number of nitrogens with zero attached hydrogens (tertiary/aromatic N) is 3. The van der Waals surface area contributed by atoms with Crippen molar-refractivity contribution in [2.75, 3.05) is 30.3 Å². The second-order valence-corrected chi connectivity index (χ2v) is 3.28. The number of likely N-dealkylation sites (N-methyl/N-ethyl adjacent to an activating group) is 1. The minimum Gasteiger partial charge on any atom is -0.395 e. The van der Waals surface area contributed by atoms with Gasteiger partial charge < -0.3 is 15.7 Å². The van der Waals surface area contributed by atoms with Crippen molar-refractivity contribution in [3.63, 3.8) is 0 Å². The second-order valence-electron chi connectivity index (χ2n) is 3.28. The maximum atomic E-state index is 12.5. The van der Waals surface area contributed by atoms with Gasteiger partial charge in [0.2, 0.25) is 5.82 Å². The Morgan fingerprint density at radius 2 is 2.06 bits per heavy atom. The molecule has 0 saturated heterocycles. The first-order chi connectivity index (χ1) is 7.88. The molecule has 17 heavy (non-hydrogen) atoms. The molecule has 96 valence electrons. The van der Waals surface area contributed by atoms with Crippen molar-refractivity contribution in [3.05, 3.63) is 11.9 Å². The van der Waals surface area contributed by atoms with Crippen molar-refractivity contribution in [3.8, 4) is 0 Å². The molecule has 0 fully saturated rings. The van der Waals surface area contributed by atoms with Crippen LogP contribution in [0.5, 0.6) is 0 Å². The summed E-state index contributed by atoms with van der Waals surface area (Å²) in [5.74, 6) is -1.47. The molecule has 1 heterocycles. The Balaban J connectivity index is 3.12. The zero-order valence-corrected chi connectivity index (χ0v) is 9.20. The number of hydrogen-bond donors (Lipinski definition) is 2. The van der Waals surface area contributed by atoms with Crippen molar-refractivity contribution < 1.29 is 18.3 Å². The second kappa shape index (κ2) is 5.17. The summed E-state index contributed by atoms with van der Waals surface area (Å²) >= 11 is 0. The zero-order valence-electron chi connectivity index (χ0n) is 9.20. The molecule has 0 aliphatic carbocycles. The van der Waals surface area contributed by atoms with Crippen molar-refractivity contribution in [2.24, 2.45) is 0 Å². The predicted octanol–water partition coefficient (Wildman–Crippen LogP) is 0.896. The van der Waals surface area contributed by atoms with Gasteiger partial charge in [0.1, 0.15) is 11.6 Å². The van der Waals surface area contributed by atoms with E-state index in [9.17, 15) is 13.2 Å². The molecule has 0 aromatic carbocycles. The molecule has 0 amide bonds. The average Bonchev–Trinajstić information content (AvgIpc) is 2.23. The lowest BCUT2D eigenvalue weighted by atomic mass is 10.4. The first-order valence-electron chi connectivity index (χ1n) is 4.96. The third-order valence-electron chi connectivity index (χ3n) is 2.06. The van der Waals surface area contributed by atoms with E-state index in [1.165, 1.54) is 11.0 Å². The third kappa shape index (κ3) is 3.45. The van der Waals surface area contributed by atoms with Crippen LogP contribution < -0.4 is 10.6 Å². The van der Waals surface area contributed by atoms with Crippen LogP contribution in [0.4, 0.5) is 24.8 Å². The molecule has 1 aromatic heterocycles. The number of aliphatic hydroxyl groups is 1. The summed E-state index contributed by atoms with van der Waals surface area (Å²) in [7, 11) is 0. The van der Waals surface area contributed by atoms with Gasteiger partial charge in [-0.15, -0.1) is 0 Å². The molecule has 0 aliphatic heterocycles. The van der Waals surface area contributed by atoms with E-state index in [0.29, 0.717) is 6.54 Å². The molecule has 5 nitrogen and oxygen atoms in total. The first kappa shape index (κ1) is 13.5. The Bertz CT molecular complexity index is 383. The third-order valence-corrected chi connectivity index (χ3v) is 2.06. The van der Waals surface area contributed by atoms with E-state index in [-0.39, 0.29) is 24.8 Å². The minimum absolute atomic E-state index is 0.0568. The number of hydrogen-bond acceptors (Lipinski definition) is 5. The maximum absolute atomic E-state index is 12.5. The van der Waals surface area contributed by atoms with Crippen LogP contribution in [0.3, 0.4) is 0 Å². The maximum Gasteiger partial charge on any atom is 0.451 e. The summed E-state index contributed by atoms with van der Waals surface area (Å²) in [4.78, 5) is 8.01. The SMILES string of the molecule is CCN(CCO)c1cc(N)nc(C(F)(F)F)n1. The Kier molecular flexibility index (Phi) is 4.11. The van der Waals surface area contributed by atoms with Crippen LogP contribution in [-0.4, -0.2) is 34.8 Å². The van der Waals surface area contributed by atoms with Crippen molar-refractivity contribution in [1.82, 2.24) is 9.97 Å². The molecule has 8 heteroatoms. The topological polar surface area (TPSA) is 75.3 Å². The van der Waals surface area contributed by atoms with Crippen LogP contribution in [0, 0.1) is 0 Å². The van der Waals surface area contributed by atoms with E-state index in [2.05, 4.69) is 9.97 Å². The zero-order chi connectivity index (χ0) is 13.1. The van der Waals surface area contributed by atoms with Crippen molar-refractivity contribution in [1.29, 1.82) is 0 Å². The Labute approximate surface area is 96.1 Å². The summed E-state index contributed by atoms with van der Waals surface area (Å²) in [5.41, 5.74) is 5.30. The van der Waals surface area contributed by atoms with E-state index in [4.69, 9.17) is 10.8 Å². The Morgan fingerprint density at radius 1 is 1.41 bits per heavy atom. The van der Waals surface area contributed by atoms with Crippen molar-refractivity contribution in [2.45, 2.75) is 13.1 Å². The smallest absolute Gasteiger partial charge is 0.395 e. The summed E-state index contributed by atoms with van der Waals surface area (Å²) in [6.07, 6.45) is -4.64. The number of nitrogen functional groups attached to an aromatic ring is 1. The molecule has 1 aromatic rings. The number of alkyl halides is 3. The van der Waals surface area contributed by atoms with Gasteiger partial charge in [0.15, 0.2) is 0 Å². The number of rotatable bonds is 4. The van der Waals surface area contributed by atoms with Crippen LogP contribution in [0.25, 0.3) is 0 Å². The highest BCUT2D eigenvalue weighted by molar-refractivity contribution is 5.47. The standard InChI is InChI=1S/C9H13F3N4O/c1-2-16(3-4-17)7-5-6(13)14-8(15-7)9(10,11)12/h5,17H,2-4H2,1H3,(H2,13,14,15). The molecule has 0 unspecified atom stereocenters. The molecule has 0 saturated carbocycles. The van der Waals surface area contributed by atoms with E-state index >= 15 is 0 Å². The Morgan fingerprint density at radius 3 is 2.53 bits per heavy atom. The predicted molar refractivity (Wildman–Crippen MR) is 56.4 cm³/mol. The van der Waals surface area contributed by atoms with Gasteiger partial charge >= 0.3 is 6.18 Å². The highest BCUT2D eigenvalue weighted by Crippen LogP contribution is 2.28. The van der Waals surface area contributed by atoms with E-state index in [1.807, 2.05) is 0 Å². The number of halogens is 3. The van der Waals surface area contributed by atoms with Gasteiger partial charge in [-0.25, -0.2) is 9.97 Å². The summed E-state index contributed by atoms with van der Waals surface area (Å²) < 4.78 is 37.4. The van der Waals surface area contributed by atoms with Crippen LogP contribution in [0.1, 0.15) is 12.7 Å². The van der Waals surface area contributed by atoms with E-state index in [1.54, 1.807) is 6.92 Å². The average molecular weight is 250 g/mol. The van der Waals surface area contributed by atoms with Gasteiger partial charge in [-0.2, -0.15) is 13.2 Å². The Hall–Kier alpha value is -1.57. The fourth-order valence-electron chi connectivity index (χ4n) is 1.30. The highest BCUT2D eigenvalue weighted by atomic mass is 19.4. The number of nitrogens with two attached hydrogens (primary N) is 1. The quantitative estimate of drug-likeness (QED) is 0.830. The van der Waals surface area contributed by atoms with Gasteiger partial charge in [-0.1, -0.05) is 0 Å². The number of anilines is 2. The molecule has 0 atom stereocenters. The summed E-state index contributed by atoms with van der Waals surface area (Å²) in [6.45, 7) is 2.15. The van der Waals surface area contributed by atoms with Gasteiger partial charge in [-0.05, 0) is 6.92 Å². The molecule has 1 rings (SSSR count). The lowest BCUT2D eigenvalue weighted by molar-refractivity contribution is -0.144. The lowest BCUT2D eigenvalue weighted by Gasteiger charge is -2.21. The molecule has 0 bridgehead atoms. The molecule has 0 spiro atoms. The lowest BCUT2D eigenvalue weighted by Crippen LogP contribution is -2.28. The minimum atomic E-state index is -4.64. The fourth-order valence-corrected chi connectivity index (χ4v) is 1.30. The largest absolute Gasteiger partial charge is 0.451 e. The molecule has 3 N–H and O–H groups in total. The summed E-state index contributed by atoms with van der Waals surface area (Å²) in [6, 6.07) is 1.24. The van der Waals surface area contributed by atoms with Gasteiger partial charge in [0.25, 0.3) is 0 Å². The molecular formula is C9H13F3N4O. The van der Waals surface area contributed by atoms with Gasteiger partial charge in [-0.3, -0.25) is 0 Å². The first-order valence-corrected chi connectivity index (χ1v) is 4.96. The highest BCUT2D eigenvalue weighted by Gasteiger charge is 2.35. The molecule has 0 radical (unpaired) electrons. The number of aliphatic hydroxyl groups excluding tert-OH is 1. The number of aromatic nitrogens is 2. The van der Waals surface area contributed by atoms with Crippen molar-refractivity contribution >= 4 is 11.6 Å². The molecular weight excluding hydrogens is 237 g/mol. The van der Waals surface area contributed by atoms with E-state index < -0.39 is 12.0 Å².